The van der Waals surface area contributed by atoms with Crippen LogP contribution in [0, 0.1) is 0 Å². The Bertz CT molecular complexity index is 435. The highest BCUT2D eigenvalue weighted by atomic mass is 32.1. The number of carbonyl (C=O) groups is 2. The number of hydrogen-bond acceptors (Lipinski definition) is 5. The second-order valence-corrected chi connectivity index (χ2v) is 4.10. The van der Waals surface area contributed by atoms with Crippen LogP contribution in [0.25, 0.3) is 0 Å². The van der Waals surface area contributed by atoms with Gasteiger partial charge in [-0.3, -0.25) is 4.79 Å². The van der Waals surface area contributed by atoms with Crippen molar-refractivity contribution < 1.29 is 45.4 Å². The summed E-state index contributed by atoms with van der Waals surface area (Å²) in [5, 5.41) is -2.67. The van der Waals surface area contributed by atoms with Gasteiger partial charge >= 0.3 is 29.1 Å². The number of likely N-dealkylation sites (N-methyl/N-ethyl adjacent to an activating group) is 1. The molecule has 0 aromatic rings. The van der Waals surface area contributed by atoms with Gasteiger partial charge in [-0.05, 0) is 0 Å². The van der Waals surface area contributed by atoms with E-state index in [0.29, 0.717) is 7.05 Å². The third kappa shape index (κ3) is 5.12. The van der Waals surface area contributed by atoms with E-state index in [1.807, 2.05) is 0 Å². The molecule has 21 heavy (non-hydrogen) atoms. The van der Waals surface area contributed by atoms with E-state index in [2.05, 4.69) is 28.7 Å². The van der Waals surface area contributed by atoms with E-state index >= 15 is 0 Å². The summed E-state index contributed by atoms with van der Waals surface area (Å²) in [7, 11) is 0.684. The highest BCUT2D eigenvalue weighted by Crippen LogP contribution is 2.37. The van der Waals surface area contributed by atoms with Crippen molar-refractivity contribution in [3.05, 3.63) is 12.4 Å². The Balaban J connectivity index is 5.71. The van der Waals surface area contributed by atoms with Gasteiger partial charge in [-0.15, -0.1) is 12.6 Å². The average Bonchev–Trinajstić information content (AvgIpc) is 2.30. The molecule has 122 valence electrons. The summed E-state index contributed by atoms with van der Waals surface area (Å²) in [4.78, 5) is 22.2. The fourth-order valence-corrected chi connectivity index (χ4v) is 1.01. The lowest BCUT2D eigenvalue weighted by Crippen LogP contribution is -2.61. The minimum atomic E-state index is -5.78. The van der Waals surface area contributed by atoms with Crippen molar-refractivity contribution in [3.63, 3.8) is 0 Å². The van der Waals surface area contributed by atoms with Crippen LogP contribution in [-0.2, 0) is 19.1 Å². The lowest BCUT2D eigenvalue weighted by atomic mass is 10.2. The molecule has 0 bridgehead atoms. The van der Waals surface area contributed by atoms with Crippen LogP contribution in [0.1, 0.15) is 0 Å². The maximum absolute atomic E-state index is 12.9. The second kappa shape index (κ2) is 6.56. The van der Waals surface area contributed by atoms with Gasteiger partial charge in [0.2, 0.25) is 5.83 Å². The van der Waals surface area contributed by atoms with Crippen LogP contribution in [0.5, 0.6) is 0 Å². The predicted molar refractivity (Wildman–Crippen MR) is 59.1 cm³/mol. The third-order valence-electron chi connectivity index (χ3n) is 1.81. The fraction of sp³-hybridized carbons (Fsp3) is 0.556. The number of nitrogens with one attached hydrogen (secondary N) is 1. The first kappa shape index (κ1) is 19.6. The molecule has 1 amide bonds. The number of esters is 1. The van der Waals surface area contributed by atoms with Crippen molar-refractivity contribution in [2.24, 2.45) is 0 Å². The molecule has 0 saturated heterocycles. The number of alkyl halides is 5. The SMILES string of the molecule is C=C(F)C(=O)OC(OCC(F)(F)S)(C(=O)NC)C(F)(F)F. The Morgan fingerprint density at radius 3 is 2.00 bits per heavy atom. The van der Waals surface area contributed by atoms with Crippen LogP contribution in [0.15, 0.2) is 12.4 Å². The molecule has 0 aromatic carbocycles. The molecular weight excluding hydrogens is 332 g/mol. The minimum Gasteiger partial charge on any atom is -0.410 e. The van der Waals surface area contributed by atoms with E-state index in [1.165, 1.54) is 5.32 Å². The molecule has 1 unspecified atom stereocenters. The van der Waals surface area contributed by atoms with Crippen molar-refractivity contribution in [3.8, 4) is 0 Å². The lowest BCUT2D eigenvalue weighted by Gasteiger charge is -2.32. The van der Waals surface area contributed by atoms with Crippen LogP contribution in [0.2, 0.25) is 0 Å². The summed E-state index contributed by atoms with van der Waals surface area (Å²) < 4.78 is 83.6. The van der Waals surface area contributed by atoms with Crippen LogP contribution >= 0.6 is 12.6 Å². The number of carbonyl (C=O) groups excluding carboxylic acids is 2. The number of halogens is 6. The van der Waals surface area contributed by atoms with Crippen LogP contribution in [-0.4, -0.2) is 42.7 Å². The Hall–Kier alpha value is -1.43. The molecule has 0 aliphatic rings. The number of ether oxygens (including phenoxy) is 2. The smallest absolute Gasteiger partial charge is 0.410 e. The van der Waals surface area contributed by atoms with Gasteiger partial charge in [-0.1, -0.05) is 6.58 Å². The van der Waals surface area contributed by atoms with E-state index in [0.717, 1.165) is 0 Å². The molecule has 0 rings (SSSR count). The molecule has 5 nitrogen and oxygen atoms in total. The maximum Gasteiger partial charge on any atom is 0.466 e. The summed E-state index contributed by atoms with van der Waals surface area (Å²) in [5.74, 6) is -10.9. The quantitative estimate of drug-likeness (QED) is 0.253. The Kier molecular flexibility index (Phi) is 6.11. The Morgan fingerprint density at radius 1 is 1.24 bits per heavy atom. The first-order chi connectivity index (χ1) is 9.27. The average molecular weight is 341 g/mol. The second-order valence-electron chi connectivity index (χ2n) is 3.44. The van der Waals surface area contributed by atoms with Crippen molar-refractivity contribution in [1.82, 2.24) is 5.32 Å². The summed E-state index contributed by atoms with van der Waals surface area (Å²) in [6.45, 7) is 0.310. The zero-order valence-corrected chi connectivity index (χ0v) is 11.2. The summed E-state index contributed by atoms with van der Waals surface area (Å²) in [6.07, 6.45) is -5.78. The number of thiol groups is 1. The first-order valence-electron chi connectivity index (χ1n) is 4.87. The Labute approximate surface area is 119 Å². The van der Waals surface area contributed by atoms with Gasteiger partial charge in [0.15, 0.2) is 0 Å². The van der Waals surface area contributed by atoms with Crippen LogP contribution in [0.4, 0.5) is 26.3 Å². The molecule has 1 N–H and O–H groups in total. The molecule has 0 spiro atoms. The molecule has 1 atom stereocenters. The van der Waals surface area contributed by atoms with Crippen molar-refractivity contribution >= 4 is 24.5 Å². The maximum atomic E-state index is 12.9. The van der Waals surface area contributed by atoms with E-state index in [4.69, 9.17) is 0 Å². The number of rotatable bonds is 6. The monoisotopic (exact) mass is 341 g/mol. The summed E-state index contributed by atoms with van der Waals surface area (Å²) in [5.41, 5.74) is 0. The van der Waals surface area contributed by atoms with Crippen molar-refractivity contribution in [2.75, 3.05) is 13.7 Å². The van der Waals surface area contributed by atoms with E-state index in [9.17, 15) is 35.9 Å². The van der Waals surface area contributed by atoms with Gasteiger partial charge in [0.1, 0.15) is 6.61 Å². The van der Waals surface area contributed by atoms with Gasteiger partial charge in [0.25, 0.3) is 0 Å². The van der Waals surface area contributed by atoms with Gasteiger partial charge in [-0.25, -0.2) is 4.79 Å². The lowest BCUT2D eigenvalue weighted by molar-refractivity contribution is -0.352. The number of hydrogen-bond donors (Lipinski definition) is 2. The van der Waals surface area contributed by atoms with Crippen molar-refractivity contribution in [2.45, 2.75) is 17.2 Å². The molecule has 0 radical (unpaired) electrons. The van der Waals surface area contributed by atoms with Crippen LogP contribution in [0.3, 0.4) is 0 Å². The number of amides is 1. The first-order valence-corrected chi connectivity index (χ1v) is 5.32. The molecule has 0 saturated carbocycles. The molecule has 0 heterocycles. The topological polar surface area (TPSA) is 64.6 Å². The molecule has 0 aromatic heterocycles. The third-order valence-corrected chi connectivity index (χ3v) is 1.94. The van der Waals surface area contributed by atoms with E-state index < -0.39 is 41.5 Å². The molecule has 0 fully saturated rings. The van der Waals surface area contributed by atoms with E-state index in [1.54, 1.807) is 0 Å². The molecule has 12 heteroatoms. The largest absolute Gasteiger partial charge is 0.466 e. The zero-order chi connectivity index (χ0) is 17.1. The van der Waals surface area contributed by atoms with Gasteiger partial charge in [0.05, 0.1) is 0 Å². The molecular formula is C9H9F6NO4S. The van der Waals surface area contributed by atoms with Gasteiger partial charge < -0.3 is 14.8 Å². The van der Waals surface area contributed by atoms with E-state index in [-0.39, 0.29) is 0 Å². The fourth-order valence-electron chi connectivity index (χ4n) is 0.949. The molecule has 0 aliphatic carbocycles. The molecule has 0 aliphatic heterocycles. The summed E-state index contributed by atoms with van der Waals surface area (Å²) in [6, 6.07) is 0. The summed E-state index contributed by atoms with van der Waals surface area (Å²) >= 11 is 2.60. The van der Waals surface area contributed by atoms with Gasteiger partial charge in [0, 0.05) is 7.05 Å². The highest BCUT2D eigenvalue weighted by Gasteiger charge is 2.67. The minimum absolute atomic E-state index is 0.684. The van der Waals surface area contributed by atoms with Crippen molar-refractivity contribution in [1.29, 1.82) is 0 Å². The standard InChI is InChI=1S/C9H9F6NO4S/c1-4(10)5(17)20-8(6(18)16-2,9(13,14)15)19-3-7(11,12)21/h21H,1,3H2,2H3,(H,16,18). The highest BCUT2D eigenvalue weighted by molar-refractivity contribution is 7.81. The zero-order valence-electron chi connectivity index (χ0n) is 10.3. The van der Waals surface area contributed by atoms with Crippen LogP contribution < -0.4 is 5.32 Å². The predicted octanol–water partition coefficient (Wildman–Crippen LogP) is 1.56. The normalized spacial score (nSPS) is 15.0. The Morgan fingerprint density at radius 2 is 1.71 bits per heavy atom. The van der Waals surface area contributed by atoms with Gasteiger partial charge in [-0.2, -0.15) is 26.3 Å².